The maximum atomic E-state index is 12.0. The molecule has 3 N–H and O–H groups in total. The smallest absolute Gasteiger partial charge is 0.408 e. The summed E-state index contributed by atoms with van der Waals surface area (Å²) in [5.41, 5.74) is 0.268. The number of amides is 2. The molecule has 0 heterocycles. The normalized spacial score (nSPS) is 12.4. The summed E-state index contributed by atoms with van der Waals surface area (Å²) < 4.78 is 6.16. The van der Waals surface area contributed by atoms with Gasteiger partial charge in [0.1, 0.15) is 11.6 Å². The monoisotopic (exact) mass is 420 g/mol. The summed E-state index contributed by atoms with van der Waals surface area (Å²) in [6.07, 6.45) is -0.740. The van der Waals surface area contributed by atoms with Crippen LogP contribution in [0.1, 0.15) is 26.3 Å². The van der Waals surface area contributed by atoms with Gasteiger partial charge in [-0.25, -0.2) is 4.79 Å². The Kier molecular flexibility index (Phi) is 7.08. The third kappa shape index (κ3) is 7.08. The summed E-state index contributed by atoms with van der Waals surface area (Å²) >= 11 is 2.20. The third-order valence-electron chi connectivity index (χ3n) is 2.57. The van der Waals surface area contributed by atoms with E-state index >= 15 is 0 Å². The lowest BCUT2D eigenvalue weighted by molar-refractivity contribution is -0.124. The lowest BCUT2D eigenvalue weighted by Gasteiger charge is -2.22. The molecule has 1 atom stereocenters. The van der Waals surface area contributed by atoms with Gasteiger partial charge in [-0.1, -0.05) is 12.1 Å². The Morgan fingerprint density at radius 3 is 2.36 bits per heavy atom. The van der Waals surface area contributed by atoms with E-state index in [2.05, 4.69) is 33.2 Å². The summed E-state index contributed by atoms with van der Waals surface area (Å²) in [6.45, 7) is 4.98. The number of alkyl carbamates (subject to hydrolysis) is 1. The fourth-order valence-electron chi connectivity index (χ4n) is 1.56. The Balaban J connectivity index is 2.50. The van der Waals surface area contributed by atoms with Crippen LogP contribution in [0.3, 0.4) is 0 Å². The van der Waals surface area contributed by atoms with Gasteiger partial charge in [0, 0.05) is 10.1 Å². The molecule has 1 aromatic rings. The molecule has 22 heavy (non-hydrogen) atoms. The Morgan fingerprint density at radius 1 is 1.27 bits per heavy atom. The molecule has 1 rings (SSSR count). The van der Waals surface area contributed by atoms with E-state index in [1.807, 2.05) is 24.3 Å². The number of carbonyl (C=O) groups is 2. The van der Waals surface area contributed by atoms with Gasteiger partial charge in [-0.2, -0.15) is 0 Å². The number of nitrogens with one attached hydrogen (secondary N) is 2. The second kappa shape index (κ2) is 8.33. The van der Waals surface area contributed by atoms with E-state index in [4.69, 9.17) is 4.74 Å². The number of ether oxygens (including phenoxy) is 1. The van der Waals surface area contributed by atoms with Crippen LogP contribution in [0.15, 0.2) is 24.3 Å². The van der Waals surface area contributed by atoms with Crippen molar-refractivity contribution >= 4 is 34.6 Å². The summed E-state index contributed by atoms with van der Waals surface area (Å²) in [6, 6.07) is 6.63. The van der Waals surface area contributed by atoms with Crippen LogP contribution in [0.25, 0.3) is 0 Å². The minimum atomic E-state index is -1.04. The molecule has 2 amide bonds. The summed E-state index contributed by atoms with van der Waals surface area (Å²) in [5.74, 6) is -0.466. The van der Waals surface area contributed by atoms with Crippen molar-refractivity contribution in [1.29, 1.82) is 0 Å². The zero-order chi connectivity index (χ0) is 16.8. The molecule has 7 heteroatoms. The van der Waals surface area contributed by atoms with Crippen LogP contribution < -0.4 is 10.6 Å². The van der Waals surface area contributed by atoms with Crippen molar-refractivity contribution in [3.63, 3.8) is 0 Å². The second-order valence-electron chi connectivity index (χ2n) is 5.73. The van der Waals surface area contributed by atoms with E-state index in [0.717, 1.165) is 9.13 Å². The summed E-state index contributed by atoms with van der Waals surface area (Å²) in [4.78, 5) is 23.6. The number of halogens is 1. The van der Waals surface area contributed by atoms with Crippen molar-refractivity contribution in [2.45, 2.75) is 39.0 Å². The fraction of sp³-hybridized carbons (Fsp3) is 0.467. The van der Waals surface area contributed by atoms with Crippen LogP contribution in [0, 0.1) is 3.57 Å². The molecule has 1 aromatic carbocycles. The van der Waals surface area contributed by atoms with Crippen LogP contribution in [0.4, 0.5) is 4.79 Å². The van der Waals surface area contributed by atoms with Gasteiger partial charge in [0.15, 0.2) is 0 Å². The molecule has 0 radical (unpaired) electrons. The fourth-order valence-corrected chi connectivity index (χ4v) is 1.92. The van der Waals surface area contributed by atoms with Crippen LogP contribution in [0.5, 0.6) is 0 Å². The average molecular weight is 420 g/mol. The first-order valence-electron chi connectivity index (χ1n) is 6.84. The molecule has 0 unspecified atom stereocenters. The molecule has 0 aliphatic carbocycles. The lowest BCUT2D eigenvalue weighted by Crippen LogP contribution is -2.49. The molecule has 0 fully saturated rings. The van der Waals surface area contributed by atoms with E-state index < -0.39 is 30.3 Å². The van der Waals surface area contributed by atoms with E-state index in [9.17, 15) is 14.7 Å². The Labute approximate surface area is 143 Å². The van der Waals surface area contributed by atoms with Crippen molar-refractivity contribution < 1.29 is 19.4 Å². The summed E-state index contributed by atoms with van der Waals surface area (Å²) in [5, 5.41) is 14.3. The van der Waals surface area contributed by atoms with Crippen LogP contribution in [0.2, 0.25) is 0 Å². The molecule has 0 aromatic heterocycles. The van der Waals surface area contributed by atoms with Gasteiger partial charge in [0.25, 0.3) is 0 Å². The molecule has 0 saturated heterocycles. The summed E-state index contributed by atoms with van der Waals surface area (Å²) in [7, 11) is 0. The van der Waals surface area contributed by atoms with Gasteiger partial charge < -0.3 is 20.5 Å². The van der Waals surface area contributed by atoms with Crippen molar-refractivity contribution in [1.82, 2.24) is 10.6 Å². The topological polar surface area (TPSA) is 87.7 Å². The molecule has 0 saturated carbocycles. The maximum Gasteiger partial charge on any atom is 0.408 e. The number of carbonyl (C=O) groups excluding carboxylic acids is 2. The maximum absolute atomic E-state index is 12.0. The molecule has 0 bridgehead atoms. The zero-order valence-corrected chi connectivity index (χ0v) is 15.0. The van der Waals surface area contributed by atoms with Gasteiger partial charge >= 0.3 is 6.09 Å². The molecular formula is C15H21IN2O4. The number of aliphatic hydroxyl groups excluding tert-OH is 1. The van der Waals surface area contributed by atoms with Crippen LogP contribution >= 0.6 is 22.6 Å². The molecule has 6 nitrogen and oxygen atoms in total. The van der Waals surface area contributed by atoms with E-state index in [-0.39, 0.29) is 0 Å². The minimum Gasteiger partial charge on any atom is -0.444 e. The van der Waals surface area contributed by atoms with Gasteiger partial charge in [-0.05, 0) is 61.1 Å². The first-order chi connectivity index (χ1) is 10.2. The van der Waals surface area contributed by atoms with Gasteiger partial charge in [0.05, 0.1) is 6.61 Å². The van der Waals surface area contributed by atoms with Crippen molar-refractivity contribution in [3.8, 4) is 0 Å². The van der Waals surface area contributed by atoms with E-state index in [1.165, 1.54) is 0 Å². The third-order valence-corrected chi connectivity index (χ3v) is 3.29. The number of rotatable bonds is 5. The predicted molar refractivity (Wildman–Crippen MR) is 91.2 cm³/mol. The molecule has 122 valence electrons. The minimum absolute atomic E-state index is 0.322. The lowest BCUT2D eigenvalue weighted by atomic mass is 10.2. The first kappa shape index (κ1) is 18.7. The number of hydrogen-bond donors (Lipinski definition) is 3. The second-order valence-corrected chi connectivity index (χ2v) is 6.97. The molecular weight excluding hydrogens is 399 g/mol. The number of hydrogen-bond acceptors (Lipinski definition) is 4. The SMILES string of the molecule is CC(C)(C)OC(=O)N[C@H](CO)C(=O)NCc1ccc(I)cc1. The number of aliphatic hydroxyl groups is 1. The quantitative estimate of drug-likeness (QED) is 0.634. The van der Waals surface area contributed by atoms with Crippen LogP contribution in [-0.2, 0) is 16.1 Å². The average Bonchev–Trinajstić information content (AvgIpc) is 2.42. The largest absolute Gasteiger partial charge is 0.444 e. The van der Waals surface area contributed by atoms with Gasteiger partial charge in [-0.3, -0.25) is 4.79 Å². The number of benzene rings is 1. The highest BCUT2D eigenvalue weighted by atomic mass is 127. The van der Waals surface area contributed by atoms with E-state index in [1.54, 1.807) is 20.8 Å². The standard InChI is InChI=1S/C15H21IN2O4/c1-15(2,3)22-14(21)18-12(9-19)13(20)17-8-10-4-6-11(16)7-5-10/h4-7,12,19H,8-9H2,1-3H3,(H,17,20)(H,18,21)/t12-/m1/s1. The van der Waals surface area contributed by atoms with Gasteiger partial charge in [-0.15, -0.1) is 0 Å². The molecule has 0 spiro atoms. The highest BCUT2D eigenvalue weighted by Gasteiger charge is 2.23. The predicted octanol–water partition coefficient (Wildman–Crippen LogP) is 1.79. The Morgan fingerprint density at radius 2 is 1.86 bits per heavy atom. The van der Waals surface area contributed by atoms with Crippen molar-refractivity contribution in [3.05, 3.63) is 33.4 Å². The van der Waals surface area contributed by atoms with Crippen molar-refractivity contribution in [2.75, 3.05) is 6.61 Å². The molecule has 0 aliphatic rings. The van der Waals surface area contributed by atoms with E-state index in [0.29, 0.717) is 6.54 Å². The first-order valence-corrected chi connectivity index (χ1v) is 7.91. The zero-order valence-electron chi connectivity index (χ0n) is 12.9. The highest BCUT2D eigenvalue weighted by Crippen LogP contribution is 2.07. The highest BCUT2D eigenvalue weighted by molar-refractivity contribution is 14.1. The van der Waals surface area contributed by atoms with Crippen LogP contribution in [-0.4, -0.2) is 35.4 Å². The van der Waals surface area contributed by atoms with Crippen molar-refractivity contribution in [2.24, 2.45) is 0 Å². The Bertz CT molecular complexity index is 511. The van der Waals surface area contributed by atoms with Gasteiger partial charge in [0.2, 0.25) is 5.91 Å². The molecule has 0 aliphatic heterocycles. The Hall–Kier alpha value is -1.35.